The number of anilines is 2. The van der Waals surface area contributed by atoms with Gasteiger partial charge >= 0.3 is 0 Å². The van der Waals surface area contributed by atoms with Crippen molar-refractivity contribution in [1.29, 1.82) is 5.26 Å². The molecule has 0 saturated carbocycles. The topological polar surface area (TPSA) is 86.2 Å². The SMILES string of the molecule is N#Cc1cc(N)cnc1N1CCC(O)CC1. The maximum absolute atomic E-state index is 9.41. The highest BCUT2D eigenvalue weighted by Crippen LogP contribution is 2.22. The smallest absolute Gasteiger partial charge is 0.146 e. The van der Waals surface area contributed by atoms with Crippen molar-refractivity contribution >= 4 is 11.5 Å². The van der Waals surface area contributed by atoms with E-state index in [0.29, 0.717) is 17.1 Å². The van der Waals surface area contributed by atoms with Gasteiger partial charge in [0, 0.05) is 13.1 Å². The molecule has 16 heavy (non-hydrogen) atoms. The summed E-state index contributed by atoms with van der Waals surface area (Å²) in [6.07, 6.45) is 2.77. The van der Waals surface area contributed by atoms with Gasteiger partial charge in [0.15, 0.2) is 0 Å². The van der Waals surface area contributed by atoms with Crippen LogP contribution in [0.3, 0.4) is 0 Å². The number of rotatable bonds is 1. The number of hydrogen-bond acceptors (Lipinski definition) is 5. The Morgan fingerprint density at radius 3 is 2.81 bits per heavy atom. The van der Waals surface area contributed by atoms with Gasteiger partial charge in [-0.25, -0.2) is 4.98 Å². The maximum atomic E-state index is 9.41. The van der Waals surface area contributed by atoms with Crippen molar-refractivity contribution in [3.63, 3.8) is 0 Å². The summed E-state index contributed by atoms with van der Waals surface area (Å²) in [4.78, 5) is 6.21. The van der Waals surface area contributed by atoms with Gasteiger partial charge in [-0.2, -0.15) is 5.26 Å². The van der Waals surface area contributed by atoms with E-state index in [4.69, 9.17) is 11.0 Å². The van der Waals surface area contributed by atoms with Gasteiger partial charge in [0.2, 0.25) is 0 Å². The van der Waals surface area contributed by atoms with Crippen LogP contribution >= 0.6 is 0 Å². The van der Waals surface area contributed by atoms with Gasteiger partial charge in [0.1, 0.15) is 11.9 Å². The predicted octanol–water partition coefficient (Wildman–Crippen LogP) is 0.497. The first kappa shape index (κ1) is 10.7. The molecule has 5 heteroatoms. The Kier molecular flexibility index (Phi) is 2.93. The minimum absolute atomic E-state index is 0.226. The summed E-state index contributed by atoms with van der Waals surface area (Å²) in [6.45, 7) is 1.46. The first-order valence-electron chi connectivity index (χ1n) is 5.29. The van der Waals surface area contributed by atoms with Crippen molar-refractivity contribution in [3.8, 4) is 6.07 Å². The Bertz CT molecular complexity index is 418. The van der Waals surface area contributed by atoms with Crippen LogP contribution < -0.4 is 10.6 Å². The molecule has 2 rings (SSSR count). The number of pyridine rings is 1. The van der Waals surface area contributed by atoms with Crippen molar-refractivity contribution < 1.29 is 5.11 Å². The second kappa shape index (κ2) is 4.37. The monoisotopic (exact) mass is 218 g/mol. The molecule has 3 N–H and O–H groups in total. The summed E-state index contributed by atoms with van der Waals surface area (Å²) in [7, 11) is 0. The van der Waals surface area contributed by atoms with Crippen molar-refractivity contribution in [2.75, 3.05) is 23.7 Å². The van der Waals surface area contributed by atoms with Gasteiger partial charge in [0.25, 0.3) is 0 Å². The average molecular weight is 218 g/mol. The first-order chi connectivity index (χ1) is 7.70. The molecule has 0 atom stereocenters. The van der Waals surface area contributed by atoms with Gasteiger partial charge in [0.05, 0.1) is 23.6 Å². The van der Waals surface area contributed by atoms with Crippen LogP contribution in [0.5, 0.6) is 0 Å². The Hall–Kier alpha value is -1.80. The second-order valence-electron chi connectivity index (χ2n) is 3.97. The molecule has 1 saturated heterocycles. The van der Waals surface area contributed by atoms with Crippen molar-refractivity contribution in [3.05, 3.63) is 17.8 Å². The number of nitrogen functional groups attached to an aromatic ring is 1. The molecule has 5 nitrogen and oxygen atoms in total. The van der Waals surface area contributed by atoms with Gasteiger partial charge < -0.3 is 15.7 Å². The van der Waals surface area contributed by atoms with Crippen LogP contribution in [0, 0.1) is 11.3 Å². The number of piperidine rings is 1. The zero-order chi connectivity index (χ0) is 11.5. The van der Waals surface area contributed by atoms with Crippen molar-refractivity contribution in [2.45, 2.75) is 18.9 Å². The summed E-state index contributed by atoms with van der Waals surface area (Å²) in [5, 5.41) is 18.4. The molecule has 0 aliphatic carbocycles. The van der Waals surface area contributed by atoms with Crippen LogP contribution in [-0.2, 0) is 0 Å². The molecular formula is C11H14N4O. The lowest BCUT2D eigenvalue weighted by Crippen LogP contribution is -2.36. The number of aliphatic hydroxyl groups excluding tert-OH is 1. The van der Waals surface area contributed by atoms with E-state index >= 15 is 0 Å². The molecule has 1 aliphatic heterocycles. The van der Waals surface area contributed by atoms with Gasteiger partial charge in [-0.3, -0.25) is 0 Å². The van der Waals surface area contributed by atoms with Crippen LogP contribution in [0.2, 0.25) is 0 Å². The lowest BCUT2D eigenvalue weighted by atomic mass is 10.1. The highest BCUT2D eigenvalue weighted by Gasteiger charge is 2.20. The molecule has 1 aromatic heterocycles. The van der Waals surface area contributed by atoms with E-state index in [-0.39, 0.29) is 6.10 Å². The number of nitrogens with zero attached hydrogens (tertiary/aromatic N) is 3. The molecule has 0 unspecified atom stereocenters. The number of nitrogens with two attached hydrogens (primary N) is 1. The van der Waals surface area contributed by atoms with E-state index in [0.717, 1.165) is 25.9 Å². The van der Waals surface area contributed by atoms with E-state index in [1.165, 1.54) is 0 Å². The fourth-order valence-corrected chi connectivity index (χ4v) is 1.89. The van der Waals surface area contributed by atoms with E-state index in [1.54, 1.807) is 12.3 Å². The Morgan fingerprint density at radius 2 is 2.19 bits per heavy atom. The van der Waals surface area contributed by atoms with Crippen LogP contribution in [0.15, 0.2) is 12.3 Å². The standard InChI is InChI=1S/C11H14N4O/c12-6-8-5-9(13)7-14-11(8)15-3-1-10(16)2-4-15/h5,7,10,16H,1-4,13H2. The first-order valence-corrected chi connectivity index (χ1v) is 5.29. The van der Waals surface area contributed by atoms with Gasteiger partial charge in [-0.15, -0.1) is 0 Å². The van der Waals surface area contributed by atoms with Crippen LogP contribution in [0.4, 0.5) is 11.5 Å². The zero-order valence-corrected chi connectivity index (χ0v) is 8.93. The van der Waals surface area contributed by atoms with E-state index in [2.05, 4.69) is 11.1 Å². The molecule has 0 amide bonds. The summed E-state index contributed by atoms with van der Waals surface area (Å²) in [6, 6.07) is 3.73. The predicted molar refractivity (Wildman–Crippen MR) is 60.8 cm³/mol. The van der Waals surface area contributed by atoms with E-state index in [9.17, 15) is 5.11 Å². The van der Waals surface area contributed by atoms with Crippen LogP contribution in [0.1, 0.15) is 18.4 Å². The molecule has 0 spiro atoms. The zero-order valence-electron chi connectivity index (χ0n) is 8.93. The molecule has 1 aliphatic rings. The Labute approximate surface area is 94.1 Å². The molecule has 0 bridgehead atoms. The molecule has 1 aromatic rings. The van der Waals surface area contributed by atoms with Crippen LogP contribution in [0.25, 0.3) is 0 Å². The molecule has 84 valence electrons. The Balaban J connectivity index is 2.24. The number of nitriles is 1. The molecule has 2 heterocycles. The summed E-state index contributed by atoms with van der Waals surface area (Å²) >= 11 is 0. The van der Waals surface area contributed by atoms with Gasteiger partial charge in [-0.05, 0) is 18.9 Å². The molecule has 0 aromatic carbocycles. The highest BCUT2D eigenvalue weighted by molar-refractivity contribution is 5.58. The summed E-state index contributed by atoms with van der Waals surface area (Å²) < 4.78 is 0. The molecule has 1 fully saturated rings. The lowest BCUT2D eigenvalue weighted by molar-refractivity contribution is 0.145. The number of aromatic nitrogens is 1. The van der Waals surface area contributed by atoms with E-state index < -0.39 is 0 Å². The fourth-order valence-electron chi connectivity index (χ4n) is 1.89. The van der Waals surface area contributed by atoms with E-state index in [1.807, 2.05) is 4.90 Å². The largest absolute Gasteiger partial charge is 0.397 e. The normalized spacial score (nSPS) is 17.1. The minimum atomic E-state index is -0.226. The second-order valence-corrected chi connectivity index (χ2v) is 3.97. The fraction of sp³-hybridized carbons (Fsp3) is 0.455. The highest BCUT2D eigenvalue weighted by atomic mass is 16.3. The third-order valence-electron chi connectivity index (χ3n) is 2.77. The number of hydrogen-bond donors (Lipinski definition) is 2. The maximum Gasteiger partial charge on any atom is 0.146 e. The number of aliphatic hydroxyl groups is 1. The van der Waals surface area contributed by atoms with Crippen molar-refractivity contribution in [1.82, 2.24) is 4.98 Å². The summed E-state index contributed by atoms with van der Waals surface area (Å²) in [5.41, 5.74) is 6.58. The molecule has 0 radical (unpaired) electrons. The quantitative estimate of drug-likeness (QED) is 0.716. The average Bonchev–Trinajstić information content (AvgIpc) is 2.30. The third kappa shape index (κ3) is 2.07. The van der Waals surface area contributed by atoms with Gasteiger partial charge in [-0.1, -0.05) is 0 Å². The Morgan fingerprint density at radius 1 is 1.50 bits per heavy atom. The van der Waals surface area contributed by atoms with Crippen molar-refractivity contribution in [2.24, 2.45) is 0 Å². The molecular weight excluding hydrogens is 204 g/mol. The summed E-state index contributed by atoms with van der Waals surface area (Å²) in [5.74, 6) is 0.670. The minimum Gasteiger partial charge on any atom is -0.397 e. The van der Waals surface area contributed by atoms with Crippen LogP contribution in [-0.4, -0.2) is 29.3 Å². The lowest BCUT2D eigenvalue weighted by Gasteiger charge is -2.30. The third-order valence-corrected chi connectivity index (χ3v) is 2.77.